The van der Waals surface area contributed by atoms with Crippen molar-refractivity contribution in [3.63, 3.8) is 0 Å². The summed E-state index contributed by atoms with van der Waals surface area (Å²) in [5, 5.41) is 7.84. The van der Waals surface area contributed by atoms with Crippen molar-refractivity contribution in [1.82, 2.24) is 15.6 Å². The van der Waals surface area contributed by atoms with E-state index in [0.717, 1.165) is 0 Å². The van der Waals surface area contributed by atoms with E-state index in [1.54, 1.807) is 19.1 Å². The fourth-order valence-corrected chi connectivity index (χ4v) is 2.49. The highest BCUT2D eigenvalue weighted by Gasteiger charge is 2.14. The normalized spacial score (nSPS) is 13.2. The Hall–Kier alpha value is -1.25. The molecular weight excluding hydrogens is 268 g/mol. The van der Waals surface area contributed by atoms with Crippen LogP contribution in [0.15, 0.2) is 12.1 Å². The van der Waals surface area contributed by atoms with E-state index in [4.69, 9.17) is 10.6 Å². The molecule has 0 amide bonds. The van der Waals surface area contributed by atoms with Gasteiger partial charge in [0, 0.05) is 11.8 Å². The molecule has 0 aliphatic heterocycles. The number of hydrogen-bond donors (Lipinski definition) is 2. The summed E-state index contributed by atoms with van der Waals surface area (Å²) in [5.41, 5.74) is 3.29. The van der Waals surface area contributed by atoms with Gasteiger partial charge in [0.25, 0.3) is 0 Å². The van der Waals surface area contributed by atoms with E-state index in [0.29, 0.717) is 24.4 Å². The van der Waals surface area contributed by atoms with Gasteiger partial charge in [-0.25, -0.2) is 8.42 Å². The van der Waals surface area contributed by atoms with E-state index in [1.165, 1.54) is 7.11 Å². The number of hydrogen-bond acceptors (Lipinski definition) is 7. The van der Waals surface area contributed by atoms with Crippen LogP contribution in [0.4, 0.5) is 0 Å². The molecule has 0 bridgehead atoms. The third-order valence-electron chi connectivity index (χ3n) is 2.82. The molecule has 1 rings (SSSR count). The Morgan fingerprint density at radius 3 is 2.63 bits per heavy atom. The Labute approximate surface area is 113 Å². The third kappa shape index (κ3) is 5.09. The zero-order chi connectivity index (χ0) is 14.3. The number of methoxy groups -OCH3 is 1. The van der Waals surface area contributed by atoms with Crippen LogP contribution in [0, 0.1) is 0 Å². The number of ether oxygens (including phenoxy) is 1. The molecule has 0 saturated carbocycles. The standard InChI is InChI=1S/C11H20N4O3S/c1-3-19(16,17)8-4-5-9(13-12)10-6-7-11(18-2)15-14-10/h6-7,9,13H,3-5,8,12H2,1-2H3. The van der Waals surface area contributed by atoms with Crippen LogP contribution in [0.5, 0.6) is 5.88 Å². The number of nitrogens with one attached hydrogen (secondary N) is 1. The van der Waals surface area contributed by atoms with Crippen LogP contribution in [0.2, 0.25) is 0 Å². The molecular formula is C11H20N4O3S. The molecule has 1 atom stereocenters. The van der Waals surface area contributed by atoms with Gasteiger partial charge in [-0.05, 0) is 18.9 Å². The van der Waals surface area contributed by atoms with Crippen molar-refractivity contribution in [1.29, 1.82) is 0 Å². The van der Waals surface area contributed by atoms with E-state index < -0.39 is 9.84 Å². The van der Waals surface area contributed by atoms with E-state index >= 15 is 0 Å². The van der Waals surface area contributed by atoms with Crippen molar-refractivity contribution >= 4 is 9.84 Å². The molecule has 3 N–H and O–H groups in total. The number of rotatable bonds is 8. The van der Waals surface area contributed by atoms with Gasteiger partial charge in [-0.2, -0.15) is 5.10 Å². The Morgan fingerprint density at radius 2 is 2.16 bits per heavy atom. The molecule has 0 spiro atoms. The molecule has 0 aromatic carbocycles. The first kappa shape index (κ1) is 15.8. The fraction of sp³-hybridized carbons (Fsp3) is 0.636. The first-order chi connectivity index (χ1) is 9.02. The van der Waals surface area contributed by atoms with Gasteiger partial charge in [-0.1, -0.05) is 6.92 Å². The summed E-state index contributed by atoms with van der Waals surface area (Å²) in [4.78, 5) is 0. The van der Waals surface area contributed by atoms with Crippen molar-refractivity contribution in [2.24, 2.45) is 5.84 Å². The maximum atomic E-state index is 11.4. The van der Waals surface area contributed by atoms with Crippen LogP contribution >= 0.6 is 0 Å². The summed E-state index contributed by atoms with van der Waals surface area (Å²) in [6.45, 7) is 1.64. The Kier molecular flexibility index (Phi) is 6.13. The number of hydrazine groups is 1. The number of nitrogens with two attached hydrogens (primary N) is 1. The minimum Gasteiger partial charge on any atom is -0.480 e. The van der Waals surface area contributed by atoms with Crippen LogP contribution in [-0.2, 0) is 9.84 Å². The van der Waals surface area contributed by atoms with Gasteiger partial charge >= 0.3 is 0 Å². The van der Waals surface area contributed by atoms with Crippen LogP contribution in [0.3, 0.4) is 0 Å². The first-order valence-electron chi connectivity index (χ1n) is 6.06. The summed E-state index contributed by atoms with van der Waals surface area (Å²) in [6, 6.07) is 3.23. The third-order valence-corrected chi connectivity index (χ3v) is 4.61. The summed E-state index contributed by atoms with van der Waals surface area (Å²) in [6.07, 6.45) is 1.11. The Morgan fingerprint density at radius 1 is 1.42 bits per heavy atom. The topological polar surface area (TPSA) is 107 Å². The molecule has 108 valence electrons. The molecule has 0 aliphatic rings. The Balaban J connectivity index is 2.57. The van der Waals surface area contributed by atoms with Gasteiger partial charge in [-0.3, -0.25) is 11.3 Å². The molecule has 1 aromatic rings. The SMILES string of the molecule is CCS(=O)(=O)CCCC(NN)c1ccc(OC)nn1. The van der Waals surface area contributed by atoms with E-state index in [1.807, 2.05) is 0 Å². The molecule has 8 heteroatoms. The average molecular weight is 288 g/mol. The summed E-state index contributed by atoms with van der Waals surface area (Å²) in [5.74, 6) is 6.20. The predicted octanol–water partition coefficient (Wildman–Crippen LogP) is 0.205. The van der Waals surface area contributed by atoms with Crippen molar-refractivity contribution in [2.45, 2.75) is 25.8 Å². The van der Waals surface area contributed by atoms with Gasteiger partial charge in [0.1, 0.15) is 9.84 Å². The van der Waals surface area contributed by atoms with Crippen molar-refractivity contribution in [2.75, 3.05) is 18.6 Å². The van der Waals surface area contributed by atoms with Gasteiger partial charge in [0.15, 0.2) is 0 Å². The van der Waals surface area contributed by atoms with Crippen LogP contribution < -0.4 is 16.0 Å². The molecule has 0 fully saturated rings. The second-order valence-electron chi connectivity index (χ2n) is 4.10. The summed E-state index contributed by atoms with van der Waals surface area (Å²) < 4.78 is 27.7. The minimum absolute atomic E-state index is 0.158. The highest BCUT2D eigenvalue weighted by Crippen LogP contribution is 2.17. The van der Waals surface area contributed by atoms with Crippen LogP contribution in [0.1, 0.15) is 31.5 Å². The molecule has 7 nitrogen and oxygen atoms in total. The van der Waals surface area contributed by atoms with Crippen molar-refractivity contribution in [3.05, 3.63) is 17.8 Å². The second kappa shape index (κ2) is 7.37. The molecule has 0 aliphatic carbocycles. The average Bonchev–Trinajstić information content (AvgIpc) is 2.44. The Bertz CT molecular complexity index is 475. The van der Waals surface area contributed by atoms with Crippen molar-refractivity contribution in [3.8, 4) is 5.88 Å². The highest BCUT2D eigenvalue weighted by atomic mass is 32.2. The number of sulfone groups is 1. The molecule has 1 aromatic heterocycles. The van der Waals surface area contributed by atoms with Gasteiger partial charge in [0.2, 0.25) is 5.88 Å². The summed E-state index contributed by atoms with van der Waals surface area (Å²) >= 11 is 0. The lowest BCUT2D eigenvalue weighted by Crippen LogP contribution is -2.29. The predicted molar refractivity (Wildman–Crippen MR) is 72.2 cm³/mol. The van der Waals surface area contributed by atoms with Gasteiger partial charge < -0.3 is 4.74 Å². The fourth-order valence-electron chi connectivity index (χ4n) is 1.59. The summed E-state index contributed by atoms with van der Waals surface area (Å²) in [7, 11) is -1.43. The molecule has 1 heterocycles. The van der Waals surface area contributed by atoms with Crippen molar-refractivity contribution < 1.29 is 13.2 Å². The number of aromatic nitrogens is 2. The zero-order valence-electron chi connectivity index (χ0n) is 11.2. The van der Waals surface area contributed by atoms with Crippen LogP contribution in [-0.4, -0.2) is 37.2 Å². The molecule has 1 unspecified atom stereocenters. The monoisotopic (exact) mass is 288 g/mol. The minimum atomic E-state index is -2.94. The largest absolute Gasteiger partial charge is 0.480 e. The van der Waals surface area contributed by atoms with E-state index in [9.17, 15) is 8.42 Å². The molecule has 0 saturated heterocycles. The highest BCUT2D eigenvalue weighted by molar-refractivity contribution is 7.91. The molecule has 19 heavy (non-hydrogen) atoms. The van der Waals surface area contributed by atoms with Gasteiger partial charge in [0.05, 0.1) is 24.6 Å². The van der Waals surface area contributed by atoms with Crippen LogP contribution in [0.25, 0.3) is 0 Å². The first-order valence-corrected chi connectivity index (χ1v) is 7.88. The number of nitrogens with zero attached hydrogens (tertiary/aromatic N) is 2. The van der Waals surface area contributed by atoms with Gasteiger partial charge in [-0.15, -0.1) is 5.10 Å². The smallest absolute Gasteiger partial charge is 0.233 e. The quantitative estimate of drug-likeness (QED) is 0.520. The van der Waals surface area contributed by atoms with E-state index in [2.05, 4.69) is 15.6 Å². The lowest BCUT2D eigenvalue weighted by Gasteiger charge is -2.14. The maximum absolute atomic E-state index is 11.4. The lowest BCUT2D eigenvalue weighted by atomic mass is 10.1. The second-order valence-corrected chi connectivity index (χ2v) is 6.57. The lowest BCUT2D eigenvalue weighted by molar-refractivity contribution is 0.388. The zero-order valence-corrected chi connectivity index (χ0v) is 12.0. The molecule has 0 radical (unpaired) electrons. The maximum Gasteiger partial charge on any atom is 0.233 e. The van der Waals surface area contributed by atoms with E-state index in [-0.39, 0.29) is 17.5 Å².